The van der Waals surface area contributed by atoms with Crippen LogP contribution in [0.1, 0.15) is 38.4 Å². The van der Waals surface area contributed by atoms with E-state index in [0.717, 1.165) is 12.1 Å². The zero-order valence-electron chi connectivity index (χ0n) is 13.6. The van der Waals surface area contributed by atoms with Crippen LogP contribution < -0.4 is 26.8 Å². The zero-order chi connectivity index (χ0) is 15.1. The van der Waals surface area contributed by atoms with E-state index >= 15 is 0 Å². The van der Waals surface area contributed by atoms with Crippen molar-refractivity contribution in [1.82, 2.24) is 0 Å². The highest BCUT2D eigenvalue weighted by Gasteiger charge is 2.24. The van der Waals surface area contributed by atoms with Crippen molar-refractivity contribution in [2.75, 3.05) is 27.8 Å². The van der Waals surface area contributed by atoms with Crippen molar-refractivity contribution < 1.29 is 31.9 Å². The fourth-order valence-electron chi connectivity index (χ4n) is 2.28. The molecule has 0 amide bonds. The van der Waals surface area contributed by atoms with E-state index in [4.69, 9.17) is 9.47 Å². The molecule has 0 aliphatic heterocycles. The Balaban J connectivity index is 0.00000400. The number of hydrogen-bond acceptors (Lipinski definition) is 3. The third-order valence-electron chi connectivity index (χ3n) is 3.92. The minimum absolute atomic E-state index is 0. The SMILES string of the molecule is CCCC[NH+](C)C(C)C(O)c1ccc(OC)c(OC)c1.[Cl-]. The molecule has 0 spiro atoms. The van der Waals surface area contributed by atoms with E-state index in [0.29, 0.717) is 11.5 Å². The molecule has 1 aromatic rings. The van der Waals surface area contributed by atoms with Crippen LogP contribution in [0, 0.1) is 0 Å². The second-order valence-corrected chi connectivity index (χ2v) is 5.30. The molecule has 1 rings (SSSR count). The quantitative estimate of drug-likeness (QED) is 0.610. The van der Waals surface area contributed by atoms with Gasteiger partial charge in [-0.25, -0.2) is 0 Å². The number of quaternary nitrogens is 1. The van der Waals surface area contributed by atoms with Crippen molar-refractivity contribution in [3.63, 3.8) is 0 Å². The van der Waals surface area contributed by atoms with Gasteiger partial charge in [0.2, 0.25) is 0 Å². The summed E-state index contributed by atoms with van der Waals surface area (Å²) in [6.07, 6.45) is 1.84. The molecule has 5 heteroatoms. The second kappa shape index (κ2) is 9.87. The van der Waals surface area contributed by atoms with E-state index < -0.39 is 6.10 Å². The Labute approximate surface area is 134 Å². The van der Waals surface area contributed by atoms with Gasteiger partial charge in [0.05, 0.1) is 27.8 Å². The van der Waals surface area contributed by atoms with Gasteiger partial charge in [0.15, 0.2) is 11.5 Å². The zero-order valence-corrected chi connectivity index (χ0v) is 14.4. The van der Waals surface area contributed by atoms with Crippen molar-refractivity contribution in [2.24, 2.45) is 0 Å². The third-order valence-corrected chi connectivity index (χ3v) is 3.92. The van der Waals surface area contributed by atoms with E-state index in [-0.39, 0.29) is 18.4 Å². The van der Waals surface area contributed by atoms with Gasteiger partial charge in [-0.2, -0.15) is 0 Å². The Bertz CT molecular complexity index is 415. The van der Waals surface area contributed by atoms with Crippen LogP contribution in [0.25, 0.3) is 0 Å². The molecule has 3 unspecified atom stereocenters. The van der Waals surface area contributed by atoms with Gasteiger partial charge in [-0.1, -0.05) is 19.4 Å². The maximum absolute atomic E-state index is 10.5. The molecule has 2 N–H and O–H groups in total. The molecular weight excluding hydrogens is 290 g/mol. The lowest BCUT2D eigenvalue weighted by molar-refractivity contribution is -0.908. The molecule has 3 atom stereocenters. The smallest absolute Gasteiger partial charge is 0.161 e. The number of unbranched alkanes of at least 4 members (excludes halogenated alkanes) is 1. The number of hydrogen-bond donors (Lipinski definition) is 2. The Kier molecular flexibility index (Phi) is 9.42. The Morgan fingerprint density at radius 3 is 2.33 bits per heavy atom. The standard InChI is InChI=1S/C16H27NO3.ClH/c1-6-7-10-17(3)12(2)16(18)13-8-9-14(19-4)15(11-13)20-5;/h8-9,11-12,16,18H,6-7,10H2,1-5H3;1H. The summed E-state index contributed by atoms with van der Waals surface area (Å²) in [7, 11) is 5.35. The van der Waals surface area contributed by atoms with Crippen molar-refractivity contribution in [3.8, 4) is 11.5 Å². The fraction of sp³-hybridized carbons (Fsp3) is 0.625. The van der Waals surface area contributed by atoms with Crippen LogP contribution in [0.3, 0.4) is 0 Å². The van der Waals surface area contributed by atoms with Gasteiger partial charge in [0.1, 0.15) is 12.1 Å². The molecular formula is C16H28ClNO3. The first-order chi connectivity index (χ1) is 9.54. The summed E-state index contributed by atoms with van der Waals surface area (Å²) in [6.45, 7) is 5.33. The number of aliphatic hydroxyl groups excluding tert-OH is 1. The summed E-state index contributed by atoms with van der Waals surface area (Å²) >= 11 is 0. The summed E-state index contributed by atoms with van der Waals surface area (Å²) in [5, 5.41) is 10.5. The molecule has 0 radical (unpaired) electrons. The lowest BCUT2D eigenvalue weighted by Gasteiger charge is -2.26. The number of halogens is 1. The molecule has 0 aliphatic carbocycles. The molecule has 0 aromatic heterocycles. The Morgan fingerprint density at radius 2 is 1.81 bits per heavy atom. The van der Waals surface area contributed by atoms with Crippen LogP contribution >= 0.6 is 0 Å². The molecule has 0 saturated carbocycles. The summed E-state index contributed by atoms with van der Waals surface area (Å²) in [5.74, 6) is 1.34. The van der Waals surface area contributed by atoms with Gasteiger partial charge in [0, 0.05) is 0 Å². The Morgan fingerprint density at radius 1 is 1.19 bits per heavy atom. The average molecular weight is 318 g/mol. The molecule has 0 heterocycles. The number of benzene rings is 1. The minimum atomic E-state index is -0.508. The maximum atomic E-state index is 10.5. The van der Waals surface area contributed by atoms with Gasteiger partial charge >= 0.3 is 0 Å². The number of likely N-dealkylation sites (N-methyl/N-ethyl adjacent to an activating group) is 1. The summed E-state index contributed by atoms with van der Waals surface area (Å²) in [4.78, 5) is 1.34. The number of aliphatic hydroxyl groups is 1. The highest BCUT2D eigenvalue weighted by molar-refractivity contribution is 5.43. The molecule has 21 heavy (non-hydrogen) atoms. The van der Waals surface area contributed by atoms with Crippen LogP contribution in [-0.4, -0.2) is 39.0 Å². The van der Waals surface area contributed by atoms with Crippen molar-refractivity contribution in [1.29, 1.82) is 0 Å². The first-order valence-electron chi connectivity index (χ1n) is 7.27. The second-order valence-electron chi connectivity index (χ2n) is 5.30. The Hall–Kier alpha value is -0.970. The number of nitrogens with one attached hydrogen (secondary N) is 1. The van der Waals surface area contributed by atoms with E-state index in [2.05, 4.69) is 20.9 Å². The third kappa shape index (κ3) is 5.38. The molecule has 0 fully saturated rings. The number of methoxy groups -OCH3 is 2. The van der Waals surface area contributed by atoms with Crippen LogP contribution in [0.2, 0.25) is 0 Å². The molecule has 0 aliphatic rings. The van der Waals surface area contributed by atoms with E-state index in [1.54, 1.807) is 14.2 Å². The molecule has 0 saturated heterocycles. The van der Waals surface area contributed by atoms with E-state index in [9.17, 15) is 5.11 Å². The molecule has 0 bridgehead atoms. The van der Waals surface area contributed by atoms with Crippen molar-refractivity contribution >= 4 is 0 Å². The fourth-order valence-corrected chi connectivity index (χ4v) is 2.28. The van der Waals surface area contributed by atoms with Crippen LogP contribution in [0.4, 0.5) is 0 Å². The van der Waals surface area contributed by atoms with Gasteiger partial charge in [-0.05, 0) is 31.0 Å². The summed E-state index contributed by atoms with van der Waals surface area (Å²) < 4.78 is 10.5. The normalized spacial score (nSPS) is 14.8. The van der Waals surface area contributed by atoms with Crippen molar-refractivity contribution in [3.05, 3.63) is 23.8 Å². The first-order valence-corrected chi connectivity index (χ1v) is 7.27. The van der Waals surface area contributed by atoms with Crippen molar-refractivity contribution in [2.45, 2.75) is 38.8 Å². The van der Waals surface area contributed by atoms with Gasteiger partial charge in [0.25, 0.3) is 0 Å². The van der Waals surface area contributed by atoms with E-state index in [1.165, 1.54) is 17.7 Å². The average Bonchev–Trinajstić information content (AvgIpc) is 2.50. The maximum Gasteiger partial charge on any atom is 0.161 e. The first kappa shape index (κ1) is 20.0. The number of rotatable bonds is 8. The lowest BCUT2D eigenvalue weighted by Crippen LogP contribution is -3.13. The summed E-state index contributed by atoms with van der Waals surface area (Å²) in [5.41, 5.74) is 0.867. The molecule has 4 nitrogen and oxygen atoms in total. The predicted octanol–water partition coefficient (Wildman–Crippen LogP) is -1.56. The van der Waals surface area contributed by atoms with Crippen LogP contribution in [-0.2, 0) is 0 Å². The monoisotopic (exact) mass is 317 g/mol. The minimum Gasteiger partial charge on any atom is -1.00 e. The number of ether oxygens (including phenoxy) is 2. The highest BCUT2D eigenvalue weighted by Crippen LogP contribution is 2.30. The summed E-state index contributed by atoms with van der Waals surface area (Å²) in [6, 6.07) is 5.73. The van der Waals surface area contributed by atoms with Crippen LogP contribution in [0.15, 0.2) is 18.2 Å². The van der Waals surface area contributed by atoms with Gasteiger partial charge in [-0.15, -0.1) is 0 Å². The molecule has 122 valence electrons. The topological polar surface area (TPSA) is 43.1 Å². The van der Waals surface area contributed by atoms with Gasteiger partial charge < -0.3 is 31.9 Å². The predicted molar refractivity (Wildman–Crippen MR) is 80.6 cm³/mol. The highest BCUT2D eigenvalue weighted by atomic mass is 35.5. The van der Waals surface area contributed by atoms with E-state index in [1.807, 2.05) is 18.2 Å². The molecule has 1 aromatic carbocycles. The lowest BCUT2D eigenvalue weighted by atomic mass is 10.0. The van der Waals surface area contributed by atoms with Gasteiger partial charge in [-0.3, -0.25) is 0 Å². The largest absolute Gasteiger partial charge is 1.00 e. The van der Waals surface area contributed by atoms with Crippen LogP contribution in [0.5, 0.6) is 11.5 Å².